The first-order valence-corrected chi connectivity index (χ1v) is 30.1. The standard InChI is InChI=1S/C34H55N3O8.C22H35N3O4.C6H11BrO2/c1-32(2,3)43-29(39)23-35-17-18-36(24-30(40)44-33(4,5)6)20-22-37(21-19-35)27(31(41)45-34(7,8)9)15-16-28(38)42-25-26-13-11-10-12-14-26;1-22(2,3)29-21(27)19(25-15-13-23-11-12-24-14-16-25)9-10-20(26)28-17-18-7-5-4-6-8-18;1-6(2,3)9-5(8)4-7/h10-14,27H,15-25H2,1-9H3;4-8,19,23-24H,9-17H2,1-3H3;4H2,1-3H3/t27-;19-;/m11./s1. The average molecular weight is 1230 g/mol. The normalized spacial score (nSPS) is 16.5. The van der Waals surface area contributed by atoms with Crippen LogP contribution >= 0.6 is 15.9 Å². The van der Waals surface area contributed by atoms with Crippen LogP contribution in [-0.4, -0.2) is 198 Å². The van der Waals surface area contributed by atoms with Crippen LogP contribution < -0.4 is 10.6 Å². The van der Waals surface area contributed by atoms with Crippen LogP contribution in [0.15, 0.2) is 60.7 Å². The van der Waals surface area contributed by atoms with Crippen molar-refractivity contribution in [1.29, 1.82) is 0 Å². The highest BCUT2D eigenvalue weighted by molar-refractivity contribution is 9.09. The first-order chi connectivity index (χ1) is 38.6. The van der Waals surface area contributed by atoms with E-state index in [0.29, 0.717) is 45.7 Å². The lowest BCUT2D eigenvalue weighted by molar-refractivity contribution is -0.164. The van der Waals surface area contributed by atoms with Gasteiger partial charge in [-0.25, -0.2) is 0 Å². The summed E-state index contributed by atoms with van der Waals surface area (Å²) in [7, 11) is 0. The van der Waals surface area contributed by atoms with Crippen LogP contribution in [0.3, 0.4) is 0 Å². The second-order valence-corrected chi connectivity index (χ2v) is 26.0. The topological polar surface area (TPSA) is 221 Å². The number of esters is 7. The molecule has 0 unspecified atom stereocenters. The van der Waals surface area contributed by atoms with E-state index in [-0.39, 0.29) is 86.3 Å². The van der Waals surface area contributed by atoms with Gasteiger partial charge in [-0.1, -0.05) is 76.6 Å². The molecule has 4 rings (SSSR count). The minimum atomic E-state index is -0.738. The fourth-order valence-corrected chi connectivity index (χ4v) is 8.45. The highest BCUT2D eigenvalue weighted by Crippen LogP contribution is 2.20. The van der Waals surface area contributed by atoms with E-state index < -0.39 is 46.4 Å². The molecule has 0 bridgehead atoms. The average Bonchev–Trinajstić information content (AvgIpc) is 3.60. The first kappa shape index (κ1) is 74.1. The molecule has 0 radical (unpaired) electrons. The van der Waals surface area contributed by atoms with Gasteiger partial charge in [-0.3, -0.25) is 53.2 Å². The van der Waals surface area contributed by atoms with Gasteiger partial charge in [0.15, 0.2) is 0 Å². The SMILES string of the molecule is CC(C)(C)OC(=O)CBr.CC(C)(C)OC(=O)CN1CCN(CC(=O)OC(C)(C)C)CCN([C@H](CCC(=O)OCc2ccccc2)C(=O)OC(C)(C)C)CC1.CC(C)(C)OC(=O)[C@@H](CCC(=O)OCc1ccccc1)N1CCNCCNCC1. The van der Waals surface area contributed by atoms with E-state index >= 15 is 0 Å². The van der Waals surface area contributed by atoms with Gasteiger partial charge in [0, 0.05) is 91.4 Å². The van der Waals surface area contributed by atoms with Crippen LogP contribution in [0, 0.1) is 0 Å². The molecule has 2 saturated heterocycles. The van der Waals surface area contributed by atoms with Gasteiger partial charge in [0.25, 0.3) is 0 Å². The highest BCUT2D eigenvalue weighted by atomic mass is 79.9. The van der Waals surface area contributed by atoms with E-state index in [2.05, 4.69) is 31.5 Å². The van der Waals surface area contributed by atoms with Crippen molar-refractivity contribution in [3.8, 4) is 0 Å². The molecule has 2 atom stereocenters. The van der Waals surface area contributed by atoms with Crippen molar-refractivity contribution in [3.63, 3.8) is 0 Å². The predicted molar refractivity (Wildman–Crippen MR) is 323 cm³/mol. The largest absolute Gasteiger partial charge is 0.461 e. The number of nitrogens with zero attached hydrogens (tertiary/aromatic N) is 4. The van der Waals surface area contributed by atoms with E-state index in [9.17, 15) is 33.6 Å². The molecule has 20 nitrogen and oxygen atoms in total. The van der Waals surface area contributed by atoms with Gasteiger partial charge in [0.05, 0.1) is 13.1 Å². The van der Waals surface area contributed by atoms with Crippen LogP contribution in [0.4, 0.5) is 0 Å². The van der Waals surface area contributed by atoms with Crippen molar-refractivity contribution in [2.75, 3.05) is 97.0 Å². The lowest BCUT2D eigenvalue weighted by Gasteiger charge is -2.33. The van der Waals surface area contributed by atoms with E-state index in [4.69, 9.17) is 33.2 Å². The number of alkyl halides is 1. The minimum absolute atomic E-state index is 0.0243. The third-order valence-corrected chi connectivity index (χ3v) is 12.3. The minimum Gasteiger partial charge on any atom is -0.461 e. The Bertz CT molecular complexity index is 2210. The Hall–Kier alpha value is -5.03. The van der Waals surface area contributed by atoms with Gasteiger partial charge < -0.3 is 43.8 Å². The molecule has 0 aliphatic carbocycles. The maximum absolute atomic E-state index is 13.6. The Kier molecular flexibility index (Phi) is 32.8. The van der Waals surface area contributed by atoms with Crippen molar-refractivity contribution in [2.24, 2.45) is 0 Å². The zero-order chi connectivity index (χ0) is 62.4. The fourth-order valence-electron chi connectivity index (χ4n) is 8.33. The third kappa shape index (κ3) is 37.1. The molecule has 0 saturated carbocycles. The smallest absolute Gasteiger partial charge is 0.323 e. The molecular formula is C62H101BrN6O14. The maximum atomic E-state index is 13.6. The van der Waals surface area contributed by atoms with Crippen molar-refractivity contribution in [3.05, 3.63) is 71.8 Å². The highest BCUT2D eigenvalue weighted by Gasteiger charge is 2.34. The third-order valence-electron chi connectivity index (χ3n) is 11.8. The number of halogens is 1. The summed E-state index contributed by atoms with van der Waals surface area (Å²) in [4.78, 5) is 95.6. The molecule has 0 aromatic heterocycles. The van der Waals surface area contributed by atoms with Crippen LogP contribution in [-0.2, 0) is 79.9 Å². The maximum Gasteiger partial charge on any atom is 0.323 e. The summed E-state index contributed by atoms with van der Waals surface area (Å²) in [6.45, 7) is 35.7. The molecule has 2 aromatic carbocycles. The number of benzene rings is 2. The fraction of sp³-hybridized carbons (Fsp3) is 0.694. The molecule has 2 aliphatic heterocycles. The summed E-state index contributed by atoms with van der Waals surface area (Å²) < 4.78 is 38.3. The van der Waals surface area contributed by atoms with E-state index in [1.807, 2.05) is 158 Å². The monoisotopic (exact) mass is 1230 g/mol. The van der Waals surface area contributed by atoms with Crippen LogP contribution in [0.1, 0.15) is 141 Å². The summed E-state index contributed by atoms with van der Waals surface area (Å²) >= 11 is 2.99. The number of hydrogen-bond donors (Lipinski definition) is 2. The van der Waals surface area contributed by atoms with Crippen LogP contribution in [0.2, 0.25) is 0 Å². The Labute approximate surface area is 504 Å². The summed E-state index contributed by atoms with van der Waals surface area (Å²) in [6.07, 6.45) is 0.772. The van der Waals surface area contributed by atoms with Crippen LogP contribution in [0.25, 0.3) is 0 Å². The molecule has 0 amide bonds. The van der Waals surface area contributed by atoms with Gasteiger partial charge in [-0.2, -0.15) is 0 Å². The number of hydrogen-bond acceptors (Lipinski definition) is 20. The predicted octanol–water partition coefficient (Wildman–Crippen LogP) is 7.26. The molecule has 470 valence electrons. The molecule has 83 heavy (non-hydrogen) atoms. The van der Waals surface area contributed by atoms with Gasteiger partial charge in [0.2, 0.25) is 0 Å². The van der Waals surface area contributed by atoms with Crippen molar-refractivity contribution < 1.29 is 66.7 Å². The second-order valence-electron chi connectivity index (χ2n) is 25.5. The lowest BCUT2D eigenvalue weighted by Crippen LogP contribution is -2.49. The zero-order valence-corrected chi connectivity index (χ0v) is 54.2. The molecule has 2 N–H and O–H groups in total. The van der Waals surface area contributed by atoms with Crippen molar-refractivity contribution >= 4 is 57.7 Å². The second kappa shape index (κ2) is 36.7. The molecule has 2 heterocycles. The molecular weight excluding hydrogens is 1130 g/mol. The van der Waals surface area contributed by atoms with E-state index in [1.54, 1.807) is 20.8 Å². The number of nitrogens with one attached hydrogen (secondary N) is 2. The number of carbonyl (C=O) groups excluding carboxylic acids is 7. The Balaban J connectivity index is 0.000000525. The molecule has 0 spiro atoms. The summed E-state index contributed by atoms with van der Waals surface area (Å²) in [6, 6.07) is 17.8. The van der Waals surface area contributed by atoms with Gasteiger partial charge in [-0.05, 0) is 128 Å². The van der Waals surface area contributed by atoms with Gasteiger partial charge in [-0.15, -0.1) is 0 Å². The van der Waals surface area contributed by atoms with Gasteiger partial charge >= 0.3 is 41.8 Å². The summed E-state index contributed by atoms with van der Waals surface area (Å²) in [5.41, 5.74) is -1.07. The van der Waals surface area contributed by atoms with Crippen molar-refractivity contribution in [1.82, 2.24) is 30.2 Å². The summed E-state index contributed by atoms with van der Waals surface area (Å²) in [5.74, 6) is -2.35. The lowest BCUT2D eigenvalue weighted by atomic mass is 10.1. The number of ether oxygens (including phenoxy) is 7. The quantitative estimate of drug-likeness (QED) is 0.0803. The molecule has 2 aliphatic rings. The zero-order valence-electron chi connectivity index (χ0n) is 52.7. The summed E-state index contributed by atoms with van der Waals surface area (Å²) in [5, 5.41) is 6.98. The Morgan fingerprint density at radius 2 is 0.735 bits per heavy atom. The number of rotatable bonds is 19. The molecule has 2 fully saturated rings. The Morgan fingerprint density at radius 3 is 1.05 bits per heavy atom. The van der Waals surface area contributed by atoms with E-state index in [1.165, 1.54) is 0 Å². The molecule has 2 aromatic rings. The first-order valence-electron chi connectivity index (χ1n) is 29.0. The van der Waals surface area contributed by atoms with Gasteiger partial charge in [0.1, 0.15) is 58.6 Å². The van der Waals surface area contributed by atoms with Crippen LogP contribution in [0.5, 0.6) is 0 Å². The Morgan fingerprint density at radius 1 is 0.422 bits per heavy atom. The molecule has 21 heteroatoms. The number of carbonyl (C=O) groups is 7. The van der Waals surface area contributed by atoms with E-state index in [0.717, 1.165) is 50.4 Å². The van der Waals surface area contributed by atoms with Crippen molar-refractivity contribution in [2.45, 2.75) is 183 Å².